The van der Waals surface area contributed by atoms with Gasteiger partial charge in [0.1, 0.15) is 0 Å². The molecule has 17 heavy (non-hydrogen) atoms. The van der Waals surface area contributed by atoms with Crippen LogP contribution in [0, 0.1) is 31.3 Å². The van der Waals surface area contributed by atoms with Gasteiger partial charge in [-0.1, -0.05) is 30.3 Å². The Morgan fingerprint density at radius 3 is 1.88 bits per heavy atom. The molecule has 3 heteroatoms. The van der Waals surface area contributed by atoms with Crippen LogP contribution < -0.4 is 0 Å². The average molecular weight is 236 g/mol. The summed E-state index contributed by atoms with van der Waals surface area (Å²) in [6.45, 7) is 3.03. The van der Waals surface area contributed by atoms with Crippen molar-refractivity contribution in [2.45, 2.75) is 13.8 Å². The highest BCUT2D eigenvalue weighted by molar-refractivity contribution is 5.69. The molecule has 0 aliphatic carbocycles. The first-order chi connectivity index (χ1) is 8.04. The van der Waals surface area contributed by atoms with E-state index < -0.39 is 17.5 Å². The van der Waals surface area contributed by atoms with Gasteiger partial charge in [-0.15, -0.1) is 0 Å². The van der Waals surface area contributed by atoms with E-state index in [2.05, 4.69) is 0 Å². The second-order valence-corrected chi connectivity index (χ2v) is 3.93. The minimum atomic E-state index is -1.41. The molecule has 0 heterocycles. The molecule has 0 radical (unpaired) electrons. The van der Waals surface area contributed by atoms with Crippen LogP contribution in [0.2, 0.25) is 0 Å². The first-order valence-electron chi connectivity index (χ1n) is 5.23. The standard InChI is InChI=1S/C14H11F3/c1-8-9(2)12(15)14(17)13(16)11(8)10-6-4-3-5-7-10/h3-7H,1-2H3. The predicted molar refractivity (Wildman–Crippen MR) is 61.2 cm³/mol. The lowest BCUT2D eigenvalue weighted by atomic mass is 9.95. The summed E-state index contributed by atoms with van der Waals surface area (Å²) in [6, 6.07) is 8.57. The van der Waals surface area contributed by atoms with Crippen LogP contribution in [0.3, 0.4) is 0 Å². The Bertz CT molecular complexity index is 530. The molecular weight excluding hydrogens is 225 g/mol. The Labute approximate surface area is 97.7 Å². The SMILES string of the molecule is Cc1c(C)c(-c2ccccc2)c(F)c(F)c1F. The smallest absolute Gasteiger partial charge is 0.195 e. The van der Waals surface area contributed by atoms with Crippen molar-refractivity contribution >= 4 is 0 Å². The number of benzene rings is 2. The largest absolute Gasteiger partial charge is 0.203 e. The van der Waals surface area contributed by atoms with E-state index in [9.17, 15) is 13.2 Å². The van der Waals surface area contributed by atoms with Gasteiger partial charge in [0.15, 0.2) is 17.5 Å². The second kappa shape index (κ2) is 4.24. The predicted octanol–water partition coefficient (Wildman–Crippen LogP) is 4.39. The van der Waals surface area contributed by atoms with Crippen molar-refractivity contribution in [2.75, 3.05) is 0 Å². The molecule has 0 saturated heterocycles. The summed E-state index contributed by atoms with van der Waals surface area (Å²) in [5.74, 6) is -3.65. The number of hydrogen-bond donors (Lipinski definition) is 0. The fourth-order valence-electron chi connectivity index (χ4n) is 1.84. The van der Waals surface area contributed by atoms with Gasteiger partial charge in [0.2, 0.25) is 0 Å². The second-order valence-electron chi connectivity index (χ2n) is 3.93. The van der Waals surface area contributed by atoms with Crippen LogP contribution in [-0.4, -0.2) is 0 Å². The van der Waals surface area contributed by atoms with Crippen LogP contribution in [0.15, 0.2) is 30.3 Å². The molecule has 2 rings (SSSR count). The summed E-state index contributed by atoms with van der Waals surface area (Å²) in [5, 5.41) is 0. The lowest BCUT2D eigenvalue weighted by Crippen LogP contribution is -2.02. The fraction of sp³-hybridized carbons (Fsp3) is 0.143. The van der Waals surface area contributed by atoms with Crippen LogP contribution in [-0.2, 0) is 0 Å². The van der Waals surface area contributed by atoms with E-state index in [-0.39, 0.29) is 11.1 Å². The van der Waals surface area contributed by atoms with Crippen LogP contribution in [0.1, 0.15) is 11.1 Å². The Morgan fingerprint density at radius 2 is 1.29 bits per heavy atom. The lowest BCUT2D eigenvalue weighted by molar-refractivity contribution is 0.444. The van der Waals surface area contributed by atoms with Gasteiger partial charge in [-0.2, -0.15) is 0 Å². The normalized spacial score (nSPS) is 10.6. The third kappa shape index (κ3) is 1.82. The molecule has 0 bridgehead atoms. The van der Waals surface area contributed by atoms with Crippen molar-refractivity contribution < 1.29 is 13.2 Å². The minimum Gasteiger partial charge on any atom is -0.203 e. The maximum absolute atomic E-state index is 13.8. The van der Waals surface area contributed by atoms with Gasteiger partial charge >= 0.3 is 0 Å². The molecule has 2 aromatic rings. The molecule has 0 saturated carbocycles. The highest BCUT2D eigenvalue weighted by Gasteiger charge is 2.20. The Hall–Kier alpha value is -1.77. The number of halogens is 3. The van der Waals surface area contributed by atoms with Crippen LogP contribution in [0.5, 0.6) is 0 Å². The van der Waals surface area contributed by atoms with Gasteiger partial charge < -0.3 is 0 Å². The van der Waals surface area contributed by atoms with E-state index in [1.54, 1.807) is 37.3 Å². The monoisotopic (exact) mass is 236 g/mol. The summed E-state index contributed by atoms with van der Waals surface area (Å²) in [7, 11) is 0. The molecule has 0 spiro atoms. The Morgan fingerprint density at radius 1 is 0.706 bits per heavy atom. The topological polar surface area (TPSA) is 0 Å². The van der Waals surface area contributed by atoms with Gasteiger partial charge in [-0.05, 0) is 30.5 Å². The van der Waals surface area contributed by atoms with Crippen molar-refractivity contribution in [1.82, 2.24) is 0 Å². The van der Waals surface area contributed by atoms with E-state index in [4.69, 9.17) is 0 Å². The van der Waals surface area contributed by atoms with Crippen LogP contribution in [0.4, 0.5) is 13.2 Å². The molecule has 0 aliphatic heterocycles. The zero-order chi connectivity index (χ0) is 12.6. The van der Waals surface area contributed by atoms with Gasteiger partial charge in [0, 0.05) is 5.56 Å². The van der Waals surface area contributed by atoms with Gasteiger partial charge in [-0.3, -0.25) is 0 Å². The zero-order valence-corrected chi connectivity index (χ0v) is 9.52. The van der Waals surface area contributed by atoms with E-state index in [1.165, 1.54) is 6.92 Å². The molecule has 0 atom stereocenters. The Balaban J connectivity index is 2.80. The Kier molecular flexibility index (Phi) is 2.92. The highest BCUT2D eigenvalue weighted by atomic mass is 19.2. The molecule has 88 valence electrons. The van der Waals surface area contributed by atoms with E-state index in [0.29, 0.717) is 11.1 Å². The molecular formula is C14H11F3. The van der Waals surface area contributed by atoms with Crippen molar-refractivity contribution in [3.8, 4) is 11.1 Å². The molecule has 0 amide bonds. The molecule has 2 aromatic carbocycles. The molecule has 0 unspecified atom stereocenters. The van der Waals surface area contributed by atoms with Crippen LogP contribution >= 0.6 is 0 Å². The highest BCUT2D eigenvalue weighted by Crippen LogP contribution is 2.32. The molecule has 0 N–H and O–H groups in total. The first-order valence-corrected chi connectivity index (χ1v) is 5.23. The zero-order valence-electron chi connectivity index (χ0n) is 9.52. The van der Waals surface area contributed by atoms with E-state index >= 15 is 0 Å². The van der Waals surface area contributed by atoms with Crippen molar-refractivity contribution in [3.05, 3.63) is 58.9 Å². The average Bonchev–Trinajstić information content (AvgIpc) is 2.36. The fourth-order valence-corrected chi connectivity index (χ4v) is 1.84. The number of hydrogen-bond acceptors (Lipinski definition) is 0. The lowest BCUT2D eigenvalue weighted by Gasteiger charge is -2.12. The van der Waals surface area contributed by atoms with E-state index in [1.807, 2.05) is 0 Å². The molecule has 0 nitrogen and oxygen atoms in total. The summed E-state index contributed by atoms with van der Waals surface area (Å²) < 4.78 is 40.5. The van der Waals surface area contributed by atoms with Gasteiger partial charge in [0.05, 0.1) is 0 Å². The molecule has 0 aromatic heterocycles. The summed E-state index contributed by atoms with van der Waals surface area (Å²) in [6.07, 6.45) is 0. The quantitative estimate of drug-likeness (QED) is 0.644. The van der Waals surface area contributed by atoms with Crippen molar-refractivity contribution in [3.63, 3.8) is 0 Å². The summed E-state index contributed by atoms with van der Waals surface area (Å²) in [4.78, 5) is 0. The van der Waals surface area contributed by atoms with Gasteiger partial charge in [-0.25, -0.2) is 13.2 Å². The minimum absolute atomic E-state index is 0.127. The summed E-state index contributed by atoms with van der Waals surface area (Å²) >= 11 is 0. The van der Waals surface area contributed by atoms with Crippen molar-refractivity contribution in [2.24, 2.45) is 0 Å². The van der Waals surface area contributed by atoms with Crippen LogP contribution in [0.25, 0.3) is 11.1 Å². The molecule has 0 aliphatic rings. The maximum atomic E-state index is 13.8. The first kappa shape index (κ1) is 11.7. The third-order valence-electron chi connectivity index (χ3n) is 2.93. The maximum Gasteiger partial charge on any atom is 0.195 e. The summed E-state index contributed by atoms with van der Waals surface area (Å²) in [5.41, 5.74) is 1.24. The van der Waals surface area contributed by atoms with Crippen molar-refractivity contribution in [1.29, 1.82) is 0 Å². The van der Waals surface area contributed by atoms with Gasteiger partial charge in [0.25, 0.3) is 0 Å². The molecule has 0 fully saturated rings. The number of rotatable bonds is 1. The van der Waals surface area contributed by atoms with E-state index in [0.717, 1.165) is 0 Å². The third-order valence-corrected chi connectivity index (χ3v) is 2.93.